The van der Waals surface area contributed by atoms with Gasteiger partial charge in [0.25, 0.3) is 15.9 Å². The lowest BCUT2D eigenvalue weighted by Gasteiger charge is -2.25. The number of carbonyl (C=O) groups is 1. The fraction of sp³-hybridized carbons (Fsp3) is 0.444. The minimum absolute atomic E-state index is 0.0254. The van der Waals surface area contributed by atoms with Crippen LogP contribution < -0.4 is 9.47 Å². The van der Waals surface area contributed by atoms with Gasteiger partial charge in [0.1, 0.15) is 13.2 Å². The number of rotatable bonds is 3. The van der Waals surface area contributed by atoms with Gasteiger partial charge < -0.3 is 18.9 Å². The van der Waals surface area contributed by atoms with Crippen LogP contribution in [0.1, 0.15) is 16.8 Å². The van der Waals surface area contributed by atoms with Crippen molar-refractivity contribution in [1.29, 1.82) is 0 Å². The molecule has 0 N–H and O–H groups in total. The zero-order valence-electron chi connectivity index (χ0n) is 15.6. The van der Waals surface area contributed by atoms with Gasteiger partial charge in [0, 0.05) is 39.4 Å². The van der Waals surface area contributed by atoms with E-state index in [1.165, 1.54) is 16.8 Å². The Hall–Kier alpha value is -2.59. The van der Waals surface area contributed by atoms with Gasteiger partial charge in [-0.15, -0.1) is 0 Å². The molecule has 0 radical (unpaired) electrons. The summed E-state index contributed by atoms with van der Waals surface area (Å²) < 4.78 is 39.8. The summed E-state index contributed by atoms with van der Waals surface area (Å²) in [6.45, 7) is 2.18. The fourth-order valence-electron chi connectivity index (χ4n) is 3.40. The molecule has 0 atom stereocenters. The molecule has 0 aliphatic carbocycles. The van der Waals surface area contributed by atoms with Crippen LogP contribution in [-0.4, -0.2) is 72.5 Å². The number of aromatic nitrogens is 2. The van der Waals surface area contributed by atoms with Crippen molar-refractivity contribution in [3.63, 3.8) is 0 Å². The van der Waals surface area contributed by atoms with E-state index in [4.69, 9.17) is 9.47 Å². The van der Waals surface area contributed by atoms with E-state index in [0.29, 0.717) is 56.3 Å². The van der Waals surface area contributed by atoms with Crippen molar-refractivity contribution in [1.82, 2.24) is 18.8 Å². The Labute approximate surface area is 163 Å². The average molecular weight is 406 g/mol. The first-order valence-corrected chi connectivity index (χ1v) is 10.6. The van der Waals surface area contributed by atoms with E-state index in [1.54, 1.807) is 34.7 Å². The van der Waals surface area contributed by atoms with Crippen molar-refractivity contribution in [3.05, 3.63) is 36.3 Å². The Kier molecular flexibility index (Phi) is 4.98. The molecule has 150 valence electrons. The summed E-state index contributed by atoms with van der Waals surface area (Å²) in [6, 6.07) is 5.24. The van der Waals surface area contributed by atoms with E-state index in [-0.39, 0.29) is 17.5 Å². The van der Waals surface area contributed by atoms with E-state index >= 15 is 0 Å². The second-order valence-corrected chi connectivity index (χ2v) is 8.64. The summed E-state index contributed by atoms with van der Waals surface area (Å²) >= 11 is 0. The standard InChI is InChI=1S/C18H22N4O5S/c1-20-12-16(19-13-20)28(24,25)22-7-3-6-21(8-9-22)18(23)14-4-2-5-15-17(14)27-11-10-26-15/h2,4-5,12-13H,3,6-11H2,1H3. The number of imidazole rings is 1. The molecule has 0 bridgehead atoms. The third-order valence-electron chi connectivity index (χ3n) is 4.82. The minimum atomic E-state index is -3.67. The highest BCUT2D eigenvalue weighted by Crippen LogP contribution is 2.34. The van der Waals surface area contributed by atoms with E-state index in [9.17, 15) is 13.2 Å². The van der Waals surface area contributed by atoms with Crippen molar-refractivity contribution in [2.75, 3.05) is 39.4 Å². The fourth-order valence-corrected chi connectivity index (χ4v) is 4.84. The molecule has 9 nitrogen and oxygen atoms in total. The van der Waals surface area contributed by atoms with Crippen molar-refractivity contribution < 1.29 is 22.7 Å². The van der Waals surface area contributed by atoms with E-state index < -0.39 is 10.0 Å². The number of fused-ring (bicyclic) bond motifs is 1. The summed E-state index contributed by atoms with van der Waals surface area (Å²) in [5, 5.41) is 0.0254. The highest BCUT2D eigenvalue weighted by Gasteiger charge is 2.31. The Morgan fingerprint density at radius 1 is 1.11 bits per heavy atom. The number of benzene rings is 1. The molecular formula is C18H22N4O5S. The van der Waals surface area contributed by atoms with Crippen LogP contribution in [0.15, 0.2) is 35.7 Å². The number of sulfonamides is 1. The molecular weight excluding hydrogens is 384 g/mol. The maximum atomic E-state index is 13.1. The number of amides is 1. The number of hydrogen-bond acceptors (Lipinski definition) is 6. The van der Waals surface area contributed by atoms with Gasteiger partial charge in [-0.2, -0.15) is 4.31 Å². The molecule has 0 spiro atoms. The van der Waals surface area contributed by atoms with Crippen molar-refractivity contribution in [3.8, 4) is 11.5 Å². The monoisotopic (exact) mass is 406 g/mol. The molecule has 3 heterocycles. The Morgan fingerprint density at radius 2 is 1.93 bits per heavy atom. The topological polar surface area (TPSA) is 94.0 Å². The number of para-hydroxylation sites is 1. The molecule has 0 saturated carbocycles. The summed E-state index contributed by atoms with van der Waals surface area (Å²) in [7, 11) is -1.95. The van der Waals surface area contributed by atoms with Gasteiger partial charge in [-0.05, 0) is 18.6 Å². The molecule has 1 aromatic heterocycles. The van der Waals surface area contributed by atoms with Crippen LogP contribution in [0.2, 0.25) is 0 Å². The number of aryl methyl sites for hydroxylation is 1. The van der Waals surface area contributed by atoms with Crippen LogP contribution in [0.3, 0.4) is 0 Å². The lowest BCUT2D eigenvalue weighted by atomic mass is 10.1. The number of hydrogen-bond donors (Lipinski definition) is 0. The van der Waals surface area contributed by atoms with Gasteiger partial charge >= 0.3 is 0 Å². The number of nitrogens with zero attached hydrogens (tertiary/aromatic N) is 4. The maximum Gasteiger partial charge on any atom is 0.262 e. The molecule has 2 aliphatic heterocycles. The van der Waals surface area contributed by atoms with Crippen LogP contribution in [0.5, 0.6) is 11.5 Å². The third kappa shape index (κ3) is 3.45. The highest BCUT2D eigenvalue weighted by molar-refractivity contribution is 7.89. The Balaban J connectivity index is 1.51. The quantitative estimate of drug-likeness (QED) is 0.746. The van der Waals surface area contributed by atoms with E-state index in [1.807, 2.05) is 0 Å². The molecule has 1 aromatic carbocycles. The van der Waals surface area contributed by atoms with E-state index in [2.05, 4.69) is 4.98 Å². The van der Waals surface area contributed by atoms with Crippen LogP contribution in [0.4, 0.5) is 0 Å². The largest absolute Gasteiger partial charge is 0.486 e. The predicted molar refractivity (Wildman–Crippen MR) is 99.9 cm³/mol. The first-order chi connectivity index (χ1) is 13.5. The SMILES string of the molecule is Cn1cnc(S(=O)(=O)N2CCCN(C(=O)c3cccc4c3OCCO4)CC2)c1. The zero-order valence-corrected chi connectivity index (χ0v) is 16.4. The molecule has 2 aliphatic rings. The first-order valence-electron chi connectivity index (χ1n) is 9.13. The molecule has 10 heteroatoms. The van der Waals surface area contributed by atoms with Crippen LogP contribution >= 0.6 is 0 Å². The van der Waals surface area contributed by atoms with Crippen molar-refractivity contribution in [2.45, 2.75) is 11.4 Å². The molecule has 1 fully saturated rings. The summed E-state index contributed by atoms with van der Waals surface area (Å²) in [5.74, 6) is 0.840. The molecule has 1 amide bonds. The smallest absolute Gasteiger partial charge is 0.262 e. The van der Waals surface area contributed by atoms with Gasteiger partial charge in [-0.25, -0.2) is 13.4 Å². The van der Waals surface area contributed by atoms with Gasteiger partial charge in [0.2, 0.25) is 0 Å². The number of carbonyl (C=O) groups excluding carboxylic acids is 1. The predicted octanol–water partition coefficient (Wildman–Crippen LogP) is 0.728. The Morgan fingerprint density at radius 3 is 2.71 bits per heavy atom. The lowest BCUT2D eigenvalue weighted by Crippen LogP contribution is -2.37. The normalized spacial score (nSPS) is 18.0. The molecule has 28 heavy (non-hydrogen) atoms. The second kappa shape index (κ2) is 7.44. The third-order valence-corrected chi connectivity index (χ3v) is 6.61. The van der Waals surface area contributed by atoms with Gasteiger partial charge in [-0.1, -0.05) is 6.07 Å². The highest BCUT2D eigenvalue weighted by atomic mass is 32.2. The molecule has 1 saturated heterocycles. The summed E-state index contributed by atoms with van der Waals surface area (Å²) in [4.78, 5) is 18.7. The molecule has 0 unspecified atom stereocenters. The van der Waals surface area contributed by atoms with Crippen LogP contribution in [-0.2, 0) is 17.1 Å². The zero-order chi connectivity index (χ0) is 19.7. The average Bonchev–Trinajstić information content (AvgIpc) is 2.99. The van der Waals surface area contributed by atoms with Crippen molar-refractivity contribution >= 4 is 15.9 Å². The molecule has 2 aromatic rings. The van der Waals surface area contributed by atoms with Gasteiger partial charge in [0.15, 0.2) is 16.5 Å². The molecule has 4 rings (SSSR count). The lowest BCUT2D eigenvalue weighted by molar-refractivity contribution is 0.0753. The van der Waals surface area contributed by atoms with Gasteiger partial charge in [0.05, 0.1) is 11.9 Å². The van der Waals surface area contributed by atoms with Crippen molar-refractivity contribution in [2.24, 2.45) is 7.05 Å². The summed E-state index contributed by atoms with van der Waals surface area (Å²) in [5.41, 5.74) is 0.443. The second-order valence-electron chi connectivity index (χ2n) is 6.76. The summed E-state index contributed by atoms with van der Waals surface area (Å²) in [6.07, 6.45) is 3.49. The first kappa shape index (κ1) is 18.8. The maximum absolute atomic E-state index is 13.1. The minimum Gasteiger partial charge on any atom is -0.486 e. The van der Waals surface area contributed by atoms with E-state index in [0.717, 1.165) is 0 Å². The van der Waals surface area contributed by atoms with Crippen LogP contribution in [0, 0.1) is 0 Å². The van der Waals surface area contributed by atoms with Gasteiger partial charge in [-0.3, -0.25) is 4.79 Å². The van der Waals surface area contributed by atoms with Crippen LogP contribution in [0.25, 0.3) is 0 Å². The number of ether oxygens (including phenoxy) is 2. The Bertz CT molecular complexity index is 988.